The molecule has 0 atom stereocenters. The number of rotatable bonds is 10. The van der Waals surface area contributed by atoms with Gasteiger partial charge in [-0.1, -0.05) is 0 Å². The molecule has 0 aromatic carbocycles. The van der Waals surface area contributed by atoms with Crippen LogP contribution in [0.4, 0.5) is 0 Å². The van der Waals surface area contributed by atoms with Crippen LogP contribution in [-0.4, -0.2) is 56.7 Å². The van der Waals surface area contributed by atoms with E-state index in [0.29, 0.717) is 19.4 Å². The molecule has 6 heteroatoms. The highest BCUT2D eigenvalue weighted by Gasteiger charge is 2.07. The second-order valence-corrected chi connectivity index (χ2v) is 4.17. The first-order valence-electron chi connectivity index (χ1n) is 6.40. The monoisotopic (exact) mass is 269 g/mol. The van der Waals surface area contributed by atoms with Crippen LogP contribution in [0.15, 0.2) is 12.2 Å². The fourth-order valence-corrected chi connectivity index (χ4v) is 1.37. The number of likely N-dealkylation sites (N-methyl/N-ethyl adjacent to an activating group) is 1. The van der Waals surface area contributed by atoms with Crippen LogP contribution >= 0.6 is 0 Å². The van der Waals surface area contributed by atoms with Crippen LogP contribution in [0, 0.1) is 0 Å². The zero-order valence-electron chi connectivity index (χ0n) is 11.6. The minimum absolute atomic E-state index is 0.0662. The number of unbranched alkanes of at least 4 members (excludes halogenated alkanes) is 1. The Kier molecular flexibility index (Phi) is 10.4. The van der Waals surface area contributed by atoms with E-state index >= 15 is 0 Å². The Labute approximate surface area is 114 Å². The highest BCUT2D eigenvalue weighted by atomic mass is 16.2. The van der Waals surface area contributed by atoms with Crippen molar-refractivity contribution in [2.75, 3.05) is 33.7 Å². The molecule has 19 heavy (non-hydrogen) atoms. The van der Waals surface area contributed by atoms with E-state index in [2.05, 4.69) is 10.6 Å². The maximum absolute atomic E-state index is 11.5. The molecule has 0 aromatic rings. The third kappa shape index (κ3) is 9.96. The van der Waals surface area contributed by atoms with Crippen LogP contribution in [0.3, 0.4) is 0 Å². The third-order valence-corrected chi connectivity index (χ3v) is 2.54. The Bertz CT molecular complexity index is 316. The highest BCUT2D eigenvalue weighted by molar-refractivity contribution is 5.91. The lowest BCUT2D eigenvalue weighted by atomic mass is 10.3. The highest BCUT2D eigenvalue weighted by Crippen LogP contribution is 1.91. The molecule has 0 aliphatic carbocycles. The summed E-state index contributed by atoms with van der Waals surface area (Å²) in [7, 11) is 3.49. The fraction of sp³-hybridized carbons (Fsp3) is 0.615. The quantitative estimate of drug-likeness (QED) is 0.324. The summed E-state index contributed by atoms with van der Waals surface area (Å²) in [6.45, 7) is 1.93. The van der Waals surface area contributed by atoms with Gasteiger partial charge in [-0.15, -0.1) is 0 Å². The predicted molar refractivity (Wildman–Crippen MR) is 73.6 cm³/mol. The van der Waals surface area contributed by atoms with E-state index in [4.69, 9.17) is 0 Å². The van der Waals surface area contributed by atoms with Gasteiger partial charge in [-0.2, -0.15) is 0 Å². The van der Waals surface area contributed by atoms with Gasteiger partial charge in [0.05, 0.1) is 0 Å². The molecule has 2 amide bonds. The van der Waals surface area contributed by atoms with Crippen LogP contribution in [0.5, 0.6) is 0 Å². The number of nitrogens with zero attached hydrogens (tertiary/aromatic N) is 1. The Morgan fingerprint density at radius 3 is 2.53 bits per heavy atom. The summed E-state index contributed by atoms with van der Waals surface area (Å²) in [5.74, 6) is -0.350. The first-order valence-corrected chi connectivity index (χ1v) is 6.40. The first-order chi connectivity index (χ1) is 9.11. The van der Waals surface area contributed by atoms with E-state index < -0.39 is 0 Å². The number of carbonyl (C=O) groups excluding carboxylic acids is 3. The van der Waals surface area contributed by atoms with Crippen molar-refractivity contribution in [3.63, 3.8) is 0 Å². The molecule has 0 aliphatic heterocycles. The lowest BCUT2D eigenvalue weighted by molar-refractivity contribution is -0.126. The average Bonchev–Trinajstić information content (AvgIpc) is 2.41. The van der Waals surface area contributed by atoms with Gasteiger partial charge < -0.3 is 15.5 Å². The van der Waals surface area contributed by atoms with Gasteiger partial charge in [-0.3, -0.25) is 14.4 Å². The maximum atomic E-state index is 11.5. The summed E-state index contributed by atoms with van der Waals surface area (Å²) in [5, 5.41) is 5.84. The summed E-state index contributed by atoms with van der Waals surface area (Å²) in [4.78, 5) is 34.3. The SMILES string of the molecule is CNCCCCNC(=O)CCN(C)C(=O)/C=C\C=O. The largest absolute Gasteiger partial charge is 0.356 e. The van der Waals surface area contributed by atoms with Crippen LogP contribution in [0.25, 0.3) is 0 Å². The van der Waals surface area contributed by atoms with Gasteiger partial charge in [0, 0.05) is 32.6 Å². The van der Waals surface area contributed by atoms with Crippen molar-refractivity contribution in [3.8, 4) is 0 Å². The molecule has 0 aromatic heterocycles. The van der Waals surface area contributed by atoms with Gasteiger partial charge in [-0.05, 0) is 32.5 Å². The molecule has 2 N–H and O–H groups in total. The summed E-state index contributed by atoms with van der Waals surface area (Å²) in [5.41, 5.74) is 0. The second-order valence-electron chi connectivity index (χ2n) is 4.17. The summed E-state index contributed by atoms with van der Waals surface area (Å²) < 4.78 is 0. The number of hydrogen-bond acceptors (Lipinski definition) is 4. The molecule has 0 fully saturated rings. The summed E-state index contributed by atoms with van der Waals surface area (Å²) in [6, 6.07) is 0. The van der Waals surface area contributed by atoms with Gasteiger partial charge in [0.2, 0.25) is 11.8 Å². The third-order valence-electron chi connectivity index (χ3n) is 2.54. The van der Waals surface area contributed by atoms with Crippen LogP contribution in [-0.2, 0) is 14.4 Å². The van der Waals surface area contributed by atoms with Crippen LogP contribution in [0.2, 0.25) is 0 Å². The van der Waals surface area contributed by atoms with Crippen molar-refractivity contribution < 1.29 is 14.4 Å². The smallest absolute Gasteiger partial charge is 0.246 e. The molecule has 6 nitrogen and oxygen atoms in total. The number of nitrogens with one attached hydrogen (secondary N) is 2. The van der Waals surface area contributed by atoms with Crippen LogP contribution < -0.4 is 10.6 Å². The van der Waals surface area contributed by atoms with Crippen molar-refractivity contribution in [1.82, 2.24) is 15.5 Å². The molecule has 0 saturated carbocycles. The second kappa shape index (κ2) is 11.4. The Hall–Kier alpha value is -1.69. The number of hydrogen-bond donors (Lipinski definition) is 2. The van der Waals surface area contributed by atoms with E-state index in [1.807, 2.05) is 7.05 Å². The Balaban J connectivity index is 3.69. The minimum atomic E-state index is -0.283. The number of carbonyl (C=O) groups is 3. The van der Waals surface area contributed by atoms with E-state index in [-0.39, 0.29) is 18.2 Å². The molecular formula is C13H23N3O3. The van der Waals surface area contributed by atoms with E-state index in [9.17, 15) is 14.4 Å². The number of amides is 2. The molecule has 0 aliphatic rings. The lowest BCUT2D eigenvalue weighted by Gasteiger charge is -2.14. The molecule has 0 bridgehead atoms. The van der Waals surface area contributed by atoms with Gasteiger partial charge in [0.1, 0.15) is 6.29 Å². The maximum Gasteiger partial charge on any atom is 0.246 e. The number of aldehydes is 1. The Morgan fingerprint density at radius 1 is 1.21 bits per heavy atom. The van der Waals surface area contributed by atoms with Crippen molar-refractivity contribution in [1.29, 1.82) is 0 Å². The molecule has 0 rings (SSSR count). The normalized spacial score (nSPS) is 10.4. The number of allylic oxidation sites excluding steroid dienone is 1. The summed E-state index contributed by atoms with van der Waals surface area (Å²) >= 11 is 0. The van der Waals surface area contributed by atoms with Gasteiger partial charge in [-0.25, -0.2) is 0 Å². The average molecular weight is 269 g/mol. The topological polar surface area (TPSA) is 78.5 Å². The molecule has 0 radical (unpaired) electrons. The first kappa shape index (κ1) is 17.3. The predicted octanol–water partition coefficient (Wildman–Crippen LogP) is -0.294. The van der Waals surface area contributed by atoms with E-state index in [1.54, 1.807) is 7.05 Å². The van der Waals surface area contributed by atoms with Crippen molar-refractivity contribution in [3.05, 3.63) is 12.2 Å². The summed E-state index contributed by atoms with van der Waals surface area (Å²) in [6.07, 6.45) is 5.09. The standard InChI is InChI=1S/C13H23N3O3/c1-14-8-3-4-9-15-12(18)7-10-16(2)13(19)6-5-11-17/h5-6,11,14H,3-4,7-10H2,1-2H3,(H,15,18)/b6-5-. The van der Waals surface area contributed by atoms with E-state index in [0.717, 1.165) is 25.5 Å². The molecule has 0 unspecified atom stereocenters. The van der Waals surface area contributed by atoms with Gasteiger partial charge in [0.15, 0.2) is 0 Å². The van der Waals surface area contributed by atoms with Crippen molar-refractivity contribution >= 4 is 18.1 Å². The van der Waals surface area contributed by atoms with Gasteiger partial charge >= 0.3 is 0 Å². The molecular weight excluding hydrogens is 246 g/mol. The zero-order chi connectivity index (χ0) is 14.5. The zero-order valence-corrected chi connectivity index (χ0v) is 11.6. The lowest BCUT2D eigenvalue weighted by Crippen LogP contribution is -2.32. The van der Waals surface area contributed by atoms with Crippen LogP contribution in [0.1, 0.15) is 19.3 Å². The minimum Gasteiger partial charge on any atom is -0.356 e. The molecule has 108 valence electrons. The molecule has 0 heterocycles. The fourth-order valence-electron chi connectivity index (χ4n) is 1.37. The molecule has 0 saturated heterocycles. The Morgan fingerprint density at radius 2 is 1.89 bits per heavy atom. The van der Waals surface area contributed by atoms with Gasteiger partial charge in [0.25, 0.3) is 0 Å². The van der Waals surface area contributed by atoms with E-state index in [1.165, 1.54) is 11.0 Å². The van der Waals surface area contributed by atoms with Crippen molar-refractivity contribution in [2.45, 2.75) is 19.3 Å². The van der Waals surface area contributed by atoms with Crippen molar-refractivity contribution in [2.24, 2.45) is 0 Å². The molecule has 0 spiro atoms.